The second kappa shape index (κ2) is 9.95. The average Bonchev–Trinajstić information content (AvgIpc) is 3.00. The van der Waals surface area contributed by atoms with E-state index in [-0.39, 0.29) is 35.8 Å². The molecular weight excluding hydrogens is 356 g/mol. The fourth-order valence-corrected chi connectivity index (χ4v) is 2.00. The van der Waals surface area contributed by atoms with Crippen LogP contribution in [0, 0.1) is 0 Å². The van der Waals surface area contributed by atoms with Crippen molar-refractivity contribution >= 4 is 24.6 Å². The largest absolute Gasteiger partial charge is 0.493 e. The van der Waals surface area contributed by atoms with Crippen LogP contribution in [-0.4, -0.2) is 37.0 Å². The zero-order chi connectivity index (χ0) is 17.5. The molecule has 25 heavy (non-hydrogen) atoms. The summed E-state index contributed by atoms with van der Waals surface area (Å²) < 4.78 is 39.9. The second-order valence-corrected chi connectivity index (χ2v) is 5.03. The Labute approximate surface area is 150 Å². The molecule has 0 spiro atoms. The molecule has 1 heterocycles. The third-order valence-corrected chi connectivity index (χ3v) is 3.31. The lowest BCUT2D eigenvalue weighted by molar-refractivity contribution is -0.0513. The molecule has 0 aliphatic carbocycles. The molecule has 0 radical (unpaired) electrons. The number of halogens is 3. The average molecular weight is 376 g/mol. The molecule has 0 aliphatic rings. The van der Waals surface area contributed by atoms with E-state index in [4.69, 9.17) is 9.26 Å². The van der Waals surface area contributed by atoms with Crippen LogP contribution >= 0.6 is 12.4 Å². The molecule has 1 atom stereocenters. The lowest BCUT2D eigenvalue weighted by Crippen LogP contribution is -2.24. The van der Waals surface area contributed by atoms with Crippen molar-refractivity contribution in [2.45, 2.75) is 26.0 Å². The van der Waals surface area contributed by atoms with E-state index in [0.717, 1.165) is 0 Å². The van der Waals surface area contributed by atoms with Gasteiger partial charge in [0.2, 0.25) is 0 Å². The van der Waals surface area contributed by atoms with Crippen LogP contribution in [0.2, 0.25) is 0 Å². The Balaban J connectivity index is 0.00000312. The number of ether oxygens (including phenoxy) is 2. The molecule has 138 valence electrons. The number of nitrogens with one attached hydrogen (secondary N) is 1. The molecule has 6 nitrogen and oxygen atoms in total. The van der Waals surface area contributed by atoms with Crippen molar-refractivity contribution in [2.24, 2.45) is 0 Å². The lowest BCUT2D eigenvalue weighted by atomic mass is 10.1. The normalized spacial score (nSPS) is 12.2. The van der Waals surface area contributed by atoms with E-state index in [1.165, 1.54) is 13.2 Å². The monoisotopic (exact) mass is 375 g/mol. The highest BCUT2D eigenvalue weighted by molar-refractivity contribution is 5.85. The van der Waals surface area contributed by atoms with E-state index in [1.807, 2.05) is 14.0 Å². The first-order chi connectivity index (χ1) is 11.5. The molecule has 0 amide bonds. The van der Waals surface area contributed by atoms with Crippen LogP contribution < -0.4 is 14.8 Å². The Hall–Kier alpha value is -2.19. The van der Waals surface area contributed by atoms with Gasteiger partial charge in [0.1, 0.15) is 0 Å². The molecular formula is C16H20ClF2N3O3. The second-order valence-electron chi connectivity index (χ2n) is 5.03. The predicted molar refractivity (Wildman–Crippen MR) is 92.3 cm³/mol. The van der Waals surface area contributed by atoms with E-state index in [0.29, 0.717) is 17.8 Å². The van der Waals surface area contributed by atoms with Crippen molar-refractivity contribution in [2.75, 3.05) is 14.2 Å². The Morgan fingerprint density at radius 3 is 2.72 bits per heavy atom. The first-order valence-electron chi connectivity index (χ1n) is 7.33. The summed E-state index contributed by atoms with van der Waals surface area (Å²) in [6.07, 6.45) is 3.71. The molecule has 9 heteroatoms. The van der Waals surface area contributed by atoms with Crippen LogP contribution in [0.1, 0.15) is 24.2 Å². The van der Waals surface area contributed by atoms with E-state index < -0.39 is 6.61 Å². The molecule has 0 fully saturated rings. The van der Waals surface area contributed by atoms with Gasteiger partial charge in [0.15, 0.2) is 17.3 Å². The smallest absolute Gasteiger partial charge is 0.387 e. The summed E-state index contributed by atoms with van der Waals surface area (Å²) in [7, 11) is 3.23. The third-order valence-electron chi connectivity index (χ3n) is 3.31. The number of benzene rings is 1. The van der Waals surface area contributed by atoms with Crippen molar-refractivity contribution in [1.29, 1.82) is 0 Å². The molecule has 0 saturated heterocycles. The van der Waals surface area contributed by atoms with Gasteiger partial charge in [-0.25, -0.2) is 0 Å². The fourth-order valence-electron chi connectivity index (χ4n) is 2.00. The van der Waals surface area contributed by atoms with Crippen LogP contribution in [0.5, 0.6) is 11.5 Å². The lowest BCUT2D eigenvalue weighted by Gasteiger charge is -2.12. The number of alkyl halides is 2. The molecule has 2 aromatic rings. The van der Waals surface area contributed by atoms with E-state index in [2.05, 4.69) is 20.2 Å². The number of aromatic nitrogens is 2. The van der Waals surface area contributed by atoms with Gasteiger partial charge >= 0.3 is 6.61 Å². The van der Waals surface area contributed by atoms with Crippen LogP contribution in [0.3, 0.4) is 0 Å². The Morgan fingerprint density at radius 2 is 2.08 bits per heavy atom. The molecule has 1 N–H and O–H groups in total. The molecule has 1 aromatic carbocycles. The summed E-state index contributed by atoms with van der Waals surface area (Å²) in [5.74, 6) is 1.01. The molecule has 0 bridgehead atoms. The first-order valence-corrected chi connectivity index (χ1v) is 7.33. The van der Waals surface area contributed by atoms with Crippen molar-refractivity contribution in [3.05, 3.63) is 35.5 Å². The van der Waals surface area contributed by atoms with Gasteiger partial charge in [-0.2, -0.15) is 13.8 Å². The SMILES string of the molecule is CNC(C)Cc1noc(/C=C/c2cccc(OC)c2OC(F)F)n1.Cl. The molecule has 0 saturated carbocycles. The van der Waals surface area contributed by atoms with Crippen molar-refractivity contribution < 1.29 is 22.8 Å². The van der Waals surface area contributed by atoms with Gasteiger partial charge in [-0.3, -0.25) is 0 Å². The Morgan fingerprint density at radius 1 is 1.32 bits per heavy atom. The first kappa shape index (κ1) is 20.9. The number of hydrogen-bond donors (Lipinski definition) is 1. The van der Waals surface area contributed by atoms with Gasteiger partial charge in [-0.05, 0) is 26.1 Å². The molecule has 1 aromatic heterocycles. The fraction of sp³-hybridized carbons (Fsp3) is 0.375. The summed E-state index contributed by atoms with van der Waals surface area (Å²) in [6, 6.07) is 5.05. The van der Waals surface area contributed by atoms with E-state index >= 15 is 0 Å². The Bertz CT molecular complexity index is 695. The minimum absolute atomic E-state index is 0. The van der Waals surface area contributed by atoms with Gasteiger partial charge in [-0.15, -0.1) is 12.4 Å². The molecule has 2 rings (SSSR count). The topological polar surface area (TPSA) is 69.4 Å². The number of likely N-dealkylation sites (N-methyl/N-ethyl adjacent to an activating group) is 1. The van der Waals surface area contributed by atoms with Gasteiger partial charge in [0, 0.05) is 24.1 Å². The maximum atomic E-state index is 12.6. The van der Waals surface area contributed by atoms with Gasteiger partial charge in [0.25, 0.3) is 5.89 Å². The number of rotatable bonds is 8. The zero-order valence-corrected chi connectivity index (χ0v) is 14.8. The highest BCUT2D eigenvalue weighted by Crippen LogP contribution is 2.33. The van der Waals surface area contributed by atoms with E-state index in [1.54, 1.807) is 24.3 Å². The highest BCUT2D eigenvalue weighted by Gasteiger charge is 2.14. The standard InChI is InChI=1S/C16H19F2N3O3.ClH/c1-10(19-2)9-13-20-14(24-21-13)8-7-11-5-4-6-12(22-3)15(11)23-16(17)18;/h4-8,10,16,19H,9H2,1-3H3;1H/b8-7+;. The summed E-state index contributed by atoms with van der Waals surface area (Å²) >= 11 is 0. The molecule has 1 unspecified atom stereocenters. The number of hydrogen-bond acceptors (Lipinski definition) is 6. The molecule has 0 aliphatic heterocycles. The number of para-hydroxylation sites is 1. The zero-order valence-electron chi connectivity index (χ0n) is 14.0. The van der Waals surface area contributed by atoms with Crippen molar-refractivity contribution in [3.8, 4) is 11.5 Å². The summed E-state index contributed by atoms with van der Waals surface area (Å²) in [4.78, 5) is 4.22. The van der Waals surface area contributed by atoms with Crippen LogP contribution in [0.4, 0.5) is 8.78 Å². The summed E-state index contributed by atoms with van der Waals surface area (Å²) in [5, 5.41) is 6.95. The maximum Gasteiger partial charge on any atom is 0.387 e. The third kappa shape index (κ3) is 5.99. The predicted octanol–water partition coefficient (Wildman–Crippen LogP) is 3.42. The van der Waals surface area contributed by atoms with E-state index in [9.17, 15) is 8.78 Å². The van der Waals surface area contributed by atoms with Crippen LogP contribution in [-0.2, 0) is 6.42 Å². The Kier molecular flexibility index (Phi) is 8.30. The van der Waals surface area contributed by atoms with Gasteiger partial charge < -0.3 is 19.3 Å². The minimum Gasteiger partial charge on any atom is -0.493 e. The number of methoxy groups -OCH3 is 1. The minimum atomic E-state index is -2.95. The summed E-state index contributed by atoms with van der Waals surface area (Å²) in [5.41, 5.74) is 0.415. The van der Waals surface area contributed by atoms with Crippen molar-refractivity contribution in [3.63, 3.8) is 0 Å². The van der Waals surface area contributed by atoms with Gasteiger partial charge in [0.05, 0.1) is 7.11 Å². The number of nitrogens with zero attached hydrogens (tertiary/aromatic N) is 2. The quantitative estimate of drug-likeness (QED) is 0.762. The van der Waals surface area contributed by atoms with Crippen LogP contribution in [0.25, 0.3) is 12.2 Å². The van der Waals surface area contributed by atoms with Gasteiger partial charge in [-0.1, -0.05) is 17.3 Å². The van der Waals surface area contributed by atoms with Crippen molar-refractivity contribution in [1.82, 2.24) is 15.5 Å². The van der Waals surface area contributed by atoms with Crippen LogP contribution in [0.15, 0.2) is 22.7 Å². The summed E-state index contributed by atoms with van der Waals surface area (Å²) in [6.45, 7) is -0.956. The highest BCUT2D eigenvalue weighted by atomic mass is 35.5. The maximum absolute atomic E-state index is 12.6.